The zero-order chi connectivity index (χ0) is 27.3. The molecule has 1 aromatic heterocycles. The van der Waals surface area contributed by atoms with E-state index in [1.165, 1.54) is 35.7 Å². The third-order valence-electron chi connectivity index (χ3n) is 4.97. The molecule has 8 heteroatoms. The fraction of sp³-hybridized carbons (Fsp3) is 0.536. The van der Waals surface area contributed by atoms with Gasteiger partial charge in [0, 0.05) is 24.5 Å². The third kappa shape index (κ3) is 13.1. The van der Waals surface area contributed by atoms with Gasteiger partial charge >= 0.3 is 5.97 Å². The highest BCUT2D eigenvalue weighted by atomic mass is 32.2. The van der Waals surface area contributed by atoms with E-state index in [1.807, 2.05) is 13.0 Å². The Morgan fingerprint density at radius 3 is 2.56 bits per heavy atom. The highest BCUT2D eigenvalue weighted by molar-refractivity contribution is 7.92. The molecular formula is C28H45FN2O4S. The topological polar surface area (TPSA) is 72.7 Å². The molecule has 0 radical (unpaired) electrons. The maximum absolute atomic E-state index is 14.1. The number of rotatable bonds is 14. The highest BCUT2D eigenvalue weighted by Gasteiger charge is 2.17. The molecule has 0 bridgehead atoms. The molecule has 0 amide bonds. The molecule has 2 rings (SSSR count). The van der Waals surface area contributed by atoms with E-state index in [0.717, 1.165) is 36.0 Å². The van der Waals surface area contributed by atoms with Gasteiger partial charge in [-0.1, -0.05) is 65.7 Å². The number of carbonyl (C=O) groups is 1. The second-order valence-electron chi connectivity index (χ2n) is 8.21. The predicted octanol–water partition coefficient (Wildman–Crippen LogP) is 7.86. The molecule has 1 heterocycles. The number of benzene rings is 1. The lowest BCUT2D eigenvalue weighted by molar-refractivity contribution is -0.137. The van der Waals surface area contributed by atoms with Gasteiger partial charge in [0.25, 0.3) is 0 Å². The normalized spacial score (nSPS) is 11.7. The van der Waals surface area contributed by atoms with Crippen molar-refractivity contribution in [3.05, 3.63) is 60.3 Å². The summed E-state index contributed by atoms with van der Waals surface area (Å²) in [5.74, 6) is -0.140. The first kappa shape index (κ1) is 33.7. The molecule has 2 aromatic rings. The molecule has 0 spiro atoms. The smallest absolute Gasteiger partial charge is 0.323 e. The Balaban J connectivity index is 0.000000854. The second-order valence-corrected chi connectivity index (χ2v) is 8.90. The van der Waals surface area contributed by atoms with Crippen molar-refractivity contribution in [3.63, 3.8) is 0 Å². The van der Waals surface area contributed by atoms with Crippen molar-refractivity contribution in [1.82, 2.24) is 9.29 Å². The summed E-state index contributed by atoms with van der Waals surface area (Å²) >= 11 is 1.17. The van der Waals surface area contributed by atoms with Gasteiger partial charge in [0.2, 0.25) is 0 Å². The quantitative estimate of drug-likeness (QED) is 0.0862. The van der Waals surface area contributed by atoms with Crippen molar-refractivity contribution in [2.75, 3.05) is 20.3 Å². The van der Waals surface area contributed by atoms with Crippen molar-refractivity contribution in [2.45, 2.75) is 79.2 Å². The summed E-state index contributed by atoms with van der Waals surface area (Å²) in [4.78, 5) is 11.0. The largest absolute Gasteiger partial charge is 0.501 e. The number of hydrogen-bond donors (Lipinski definition) is 2. The van der Waals surface area contributed by atoms with Crippen LogP contribution in [0.5, 0.6) is 0 Å². The number of para-hydroxylation sites is 1. The van der Waals surface area contributed by atoms with Gasteiger partial charge in [0.05, 0.1) is 37.2 Å². The SMILES string of the molecule is C=CCOSNCCC(C)c1cn(CC(=O)O)c2c(F)cccc12.CCC.CCC/C=C(\CC)OC. The number of aliphatic carboxylic acids is 1. The fourth-order valence-electron chi connectivity index (χ4n) is 3.28. The summed E-state index contributed by atoms with van der Waals surface area (Å²) < 4.78 is 28.9. The molecule has 2 N–H and O–H groups in total. The number of fused-ring (bicyclic) bond motifs is 1. The number of carboxylic acids is 1. The van der Waals surface area contributed by atoms with Crippen molar-refractivity contribution < 1.29 is 23.2 Å². The number of unbranched alkanes of at least 4 members (excludes halogenated alkanes) is 1. The van der Waals surface area contributed by atoms with Crippen LogP contribution in [-0.4, -0.2) is 35.9 Å². The van der Waals surface area contributed by atoms with Gasteiger partial charge in [-0.15, -0.1) is 6.58 Å². The number of carboxylic acid groups (broad SMARTS) is 1. The van der Waals surface area contributed by atoms with E-state index in [1.54, 1.807) is 25.4 Å². The molecule has 1 aromatic carbocycles. The van der Waals surface area contributed by atoms with Crippen LogP contribution in [0.1, 0.15) is 78.2 Å². The lowest BCUT2D eigenvalue weighted by Gasteiger charge is -2.11. The van der Waals surface area contributed by atoms with E-state index in [-0.39, 0.29) is 12.5 Å². The number of hydrogen-bond acceptors (Lipinski definition) is 5. The van der Waals surface area contributed by atoms with Crippen LogP contribution < -0.4 is 4.72 Å². The first-order valence-corrected chi connectivity index (χ1v) is 13.4. The van der Waals surface area contributed by atoms with Gasteiger partial charge in [-0.05, 0) is 36.5 Å². The van der Waals surface area contributed by atoms with E-state index in [0.29, 0.717) is 18.7 Å². The van der Waals surface area contributed by atoms with Gasteiger partial charge in [0.15, 0.2) is 0 Å². The average Bonchev–Trinajstić information content (AvgIpc) is 3.22. The zero-order valence-corrected chi connectivity index (χ0v) is 23.6. The minimum atomic E-state index is -0.994. The fourth-order valence-corrected chi connectivity index (χ4v) is 3.73. The zero-order valence-electron chi connectivity index (χ0n) is 22.8. The van der Waals surface area contributed by atoms with Crippen LogP contribution in [0, 0.1) is 5.82 Å². The highest BCUT2D eigenvalue weighted by Crippen LogP contribution is 2.31. The molecule has 36 heavy (non-hydrogen) atoms. The van der Waals surface area contributed by atoms with Gasteiger partial charge in [0.1, 0.15) is 12.4 Å². The first-order chi connectivity index (χ1) is 17.3. The maximum Gasteiger partial charge on any atom is 0.323 e. The Hall–Kier alpha value is -2.29. The minimum Gasteiger partial charge on any atom is -0.501 e. The van der Waals surface area contributed by atoms with Crippen LogP contribution in [0.25, 0.3) is 10.9 Å². The number of allylic oxidation sites excluding steroid dienone is 2. The standard InChI is InChI=1S/C17H21FN2O3S.C8H16O.C3H8/c1-3-9-23-24-19-8-7-12(2)14-10-20(11-16(21)22)17-13(14)5-4-6-15(17)18;1-4-6-7-8(5-2)9-3;1-3-2/h3-6,10,12,19H,1,7-9,11H2,2H3,(H,21,22);7H,4-6H2,1-3H3;3H2,1-2H3/b;8-7+;. The Morgan fingerprint density at radius 2 is 2.00 bits per heavy atom. The maximum atomic E-state index is 14.1. The van der Waals surface area contributed by atoms with Crippen LogP contribution in [0.2, 0.25) is 0 Å². The first-order valence-electron chi connectivity index (χ1n) is 12.6. The van der Waals surface area contributed by atoms with E-state index in [4.69, 9.17) is 14.0 Å². The Bertz CT molecular complexity index is 908. The van der Waals surface area contributed by atoms with Crippen LogP contribution >= 0.6 is 12.2 Å². The summed E-state index contributed by atoms with van der Waals surface area (Å²) in [7, 11) is 1.73. The number of halogens is 1. The summed E-state index contributed by atoms with van der Waals surface area (Å²) in [6.07, 6.45) is 11.0. The van der Waals surface area contributed by atoms with Crippen molar-refractivity contribution in [1.29, 1.82) is 0 Å². The summed E-state index contributed by atoms with van der Waals surface area (Å²) in [5.41, 5.74) is 1.29. The molecule has 204 valence electrons. The Morgan fingerprint density at radius 1 is 1.31 bits per heavy atom. The Labute approximate surface area is 221 Å². The molecule has 0 aliphatic heterocycles. The van der Waals surface area contributed by atoms with Crippen molar-refractivity contribution in [3.8, 4) is 0 Å². The number of methoxy groups -OCH3 is 1. The molecule has 6 nitrogen and oxygen atoms in total. The predicted molar refractivity (Wildman–Crippen MR) is 151 cm³/mol. The molecule has 0 saturated carbocycles. The van der Waals surface area contributed by atoms with E-state index in [2.05, 4.69) is 45.1 Å². The molecule has 0 saturated heterocycles. The number of nitrogens with one attached hydrogen (secondary N) is 1. The lowest BCUT2D eigenvalue weighted by Crippen LogP contribution is -2.10. The second kappa shape index (κ2) is 20.9. The third-order valence-corrected chi connectivity index (χ3v) is 5.55. The Kier molecular flexibility index (Phi) is 19.5. The molecule has 1 atom stereocenters. The van der Waals surface area contributed by atoms with Crippen LogP contribution in [0.3, 0.4) is 0 Å². The van der Waals surface area contributed by atoms with Crippen molar-refractivity contribution in [2.24, 2.45) is 0 Å². The van der Waals surface area contributed by atoms with Crippen molar-refractivity contribution >= 4 is 29.1 Å². The number of aromatic nitrogens is 1. The monoisotopic (exact) mass is 524 g/mol. The van der Waals surface area contributed by atoms with E-state index < -0.39 is 11.8 Å². The summed E-state index contributed by atoms with van der Waals surface area (Å²) in [5, 5.41) is 9.80. The van der Waals surface area contributed by atoms with Gasteiger partial charge in [-0.3, -0.25) is 8.98 Å². The molecule has 0 aliphatic rings. The van der Waals surface area contributed by atoms with E-state index >= 15 is 0 Å². The molecular weight excluding hydrogens is 479 g/mol. The number of nitrogens with zero attached hydrogens (tertiary/aromatic N) is 1. The molecule has 0 fully saturated rings. The van der Waals surface area contributed by atoms with Crippen LogP contribution in [0.4, 0.5) is 4.39 Å². The van der Waals surface area contributed by atoms with E-state index in [9.17, 15) is 9.18 Å². The lowest BCUT2D eigenvalue weighted by atomic mass is 9.97. The van der Waals surface area contributed by atoms with Gasteiger partial charge in [-0.25, -0.2) is 9.11 Å². The molecule has 1 unspecified atom stereocenters. The van der Waals surface area contributed by atoms with Crippen LogP contribution in [-0.2, 0) is 20.3 Å². The molecule has 0 aliphatic carbocycles. The average molecular weight is 525 g/mol. The van der Waals surface area contributed by atoms with Gasteiger partial charge < -0.3 is 14.4 Å². The summed E-state index contributed by atoms with van der Waals surface area (Å²) in [6.45, 7) is 15.0. The summed E-state index contributed by atoms with van der Waals surface area (Å²) in [6, 6.07) is 4.83. The van der Waals surface area contributed by atoms with Gasteiger partial charge in [-0.2, -0.15) is 0 Å². The minimum absolute atomic E-state index is 0.150. The number of ether oxygens (including phenoxy) is 1. The van der Waals surface area contributed by atoms with Crippen LogP contribution in [0.15, 0.2) is 48.9 Å².